The highest BCUT2D eigenvalue weighted by atomic mass is 16.5. The van der Waals surface area contributed by atoms with E-state index in [1.807, 2.05) is 19.2 Å². The molecule has 5 nitrogen and oxygen atoms in total. The Hall–Kier alpha value is -1.04. The van der Waals surface area contributed by atoms with Crippen LogP contribution in [0.4, 0.5) is 0 Å². The maximum Gasteiger partial charge on any atom is 0.157 e. The fraction of sp³-hybridized carbons (Fsp3) is 0.714. The highest BCUT2D eigenvalue weighted by Crippen LogP contribution is 2.42. The van der Waals surface area contributed by atoms with Gasteiger partial charge in [0.05, 0.1) is 12.3 Å². The van der Waals surface area contributed by atoms with Crippen molar-refractivity contribution in [3.8, 4) is 0 Å². The number of aromatic nitrogens is 2. The van der Waals surface area contributed by atoms with Crippen LogP contribution < -0.4 is 5.32 Å². The highest BCUT2D eigenvalue weighted by Gasteiger charge is 2.34. The van der Waals surface area contributed by atoms with Crippen molar-refractivity contribution < 1.29 is 9.47 Å². The minimum absolute atomic E-state index is 0.0731. The molecule has 106 valence electrons. The molecule has 1 aromatic heterocycles. The Morgan fingerprint density at radius 2 is 2.32 bits per heavy atom. The molecule has 1 N–H and O–H groups in total. The van der Waals surface area contributed by atoms with Gasteiger partial charge in [-0.1, -0.05) is 0 Å². The van der Waals surface area contributed by atoms with Crippen molar-refractivity contribution in [3.63, 3.8) is 0 Å². The van der Waals surface area contributed by atoms with Crippen LogP contribution >= 0.6 is 0 Å². The Balaban J connectivity index is 1.93. The summed E-state index contributed by atoms with van der Waals surface area (Å²) in [4.78, 5) is 8.99. The van der Waals surface area contributed by atoms with E-state index >= 15 is 0 Å². The topological polar surface area (TPSA) is 56.3 Å². The molecule has 0 bridgehead atoms. The predicted molar refractivity (Wildman–Crippen MR) is 72.7 cm³/mol. The fourth-order valence-corrected chi connectivity index (χ4v) is 2.04. The molecule has 0 amide bonds. The lowest BCUT2D eigenvalue weighted by atomic mass is 10.2. The van der Waals surface area contributed by atoms with Gasteiger partial charge in [-0.25, -0.2) is 9.97 Å². The second-order valence-corrected chi connectivity index (χ2v) is 4.79. The summed E-state index contributed by atoms with van der Waals surface area (Å²) in [6, 6.07) is 1.94. The molecule has 1 aromatic rings. The van der Waals surface area contributed by atoms with Gasteiger partial charge in [0.1, 0.15) is 6.10 Å². The molecule has 2 rings (SSSR count). The maximum atomic E-state index is 5.78. The van der Waals surface area contributed by atoms with Crippen molar-refractivity contribution in [2.24, 2.45) is 5.92 Å². The molecule has 0 saturated heterocycles. The molecule has 1 fully saturated rings. The summed E-state index contributed by atoms with van der Waals surface area (Å²) in [5, 5.41) is 3.29. The summed E-state index contributed by atoms with van der Waals surface area (Å²) in [6.45, 7) is 5.00. The van der Waals surface area contributed by atoms with E-state index in [2.05, 4.69) is 15.3 Å². The SMILES string of the molecule is CCOC(c1nccc(CNCCOC)n1)C1CC1. The first-order valence-electron chi connectivity index (χ1n) is 6.98. The van der Waals surface area contributed by atoms with E-state index in [0.717, 1.165) is 24.6 Å². The first-order chi connectivity index (χ1) is 9.35. The van der Waals surface area contributed by atoms with Crippen molar-refractivity contribution >= 4 is 0 Å². The number of ether oxygens (including phenoxy) is 2. The van der Waals surface area contributed by atoms with Crippen LogP contribution in [0.15, 0.2) is 12.3 Å². The number of rotatable bonds is 9. The van der Waals surface area contributed by atoms with Gasteiger partial charge in [0.25, 0.3) is 0 Å². The summed E-state index contributed by atoms with van der Waals surface area (Å²) in [5.74, 6) is 1.44. The minimum atomic E-state index is 0.0731. The van der Waals surface area contributed by atoms with Crippen LogP contribution in [0.25, 0.3) is 0 Å². The largest absolute Gasteiger partial charge is 0.383 e. The van der Waals surface area contributed by atoms with Gasteiger partial charge >= 0.3 is 0 Å². The van der Waals surface area contributed by atoms with Crippen LogP contribution in [0.2, 0.25) is 0 Å². The van der Waals surface area contributed by atoms with Crippen molar-refractivity contribution in [1.29, 1.82) is 0 Å². The molecule has 1 saturated carbocycles. The number of methoxy groups -OCH3 is 1. The summed E-state index contributed by atoms with van der Waals surface area (Å²) >= 11 is 0. The van der Waals surface area contributed by atoms with Crippen LogP contribution in [-0.2, 0) is 16.0 Å². The van der Waals surface area contributed by atoms with E-state index in [0.29, 0.717) is 19.1 Å². The van der Waals surface area contributed by atoms with Gasteiger partial charge in [-0.3, -0.25) is 0 Å². The quantitative estimate of drug-likeness (QED) is 0.689. The number of nitrogens with zero attached hydrogens (tertiary/aromatic N) is 2. The van der Waals surface area contributed by atoms with Crippen molar-refractivity contribution in [1.82, 2.24) is 15.3 Å². The minimum Gasteiger partial charge on any atom is -0.383 e. The average Bonchev–Trinajstić information content (AvgIpc) is 3.26. The van der Waals surface area contributed by atoms with Gasteiger partial charge in [0.2, 0.25) is 0 Å². The molecule has 0 aromatic carbocycles. The molecular weight excluding hydrogens is 242 g/mol. The predicted octanol–water partition coefficient (Wildman–Crippen LogP) is 1.70. The van der Waals surface area contributed by atoms with Crippen molar-refractivity contribution in [2.75, 3.05) is 26.9 Å². The lowest BCUT2D eigenvalue weighted by Gasteiger charge is -2.15. The summed E-state index contributed by atoms with van der Waals surface area (Å²) in [6.07, 6.45) is 4.35. The second kappa shape index (κ2) is 7.53. The van der Waals surface area contributed by atoms with Crippen LogP contribution in [-0.4, -0.2) is 36.8 Å². The monoisotopic (exact) mass is 265 g/mol. The van der Waals surface area contributed by atoms with Crippen molar-refractivity contribution in [2.45, 2.75) is 32.4 Å². The summed E-state index contributed by atoms with van der Waals surface area (Å²) < 4.78 is 10.8. The third-order valence-electron chi connectivity index (χ3n) is 3.17. The van der Waals surface area contributed by atoms with Crippen LogP contribution in [0.3, 0.4) is 0 Å². The molecule has 1 heterocycles. The second-order valence-electron chi connectivity index (χ2n) is 4.79. The standard InChI is InChI=1S/C14H23N3O2/c1-3-19-13(11-4-5-11)14-16-7-6-12(17-14)10-15-8-9-18-2/h6-7,11,13,15H,3-5,8-10H2,1-2H3. The first-order valence-corrected chi connectivity index (χ1v) is 6.98. The van der Waals surface area contributed by atoms with Gasteiger partial charge in [0, 0.05) is 33.0 Å². The number of hydrogen-bond acceptors (Lipinski definition) is 5. The zero-order valence-corrected chi connectivity index (χ0v) is 11.8. The Labute approximate surface area is 114 Å². The van der Waals surface area contributed by atoms with Crippen LogP contribution in [0, 0.1) is 5.92 Å². The molecule has 0 aliphatic heterocycles. The van der Waals surface area contributed by atoms with Gasteiger partial charge in [-0.15, -0.1) is 0 Å². The molecule has 1 unspecified atom stereocenters. The Kier molecular flexibility index (Phi) is 5.69. The highest BCUT2D eigenvalue weighted by molar-refractivity contribution is 5.06. The molecule has 1 aliphatic rings. The summed E-state index contributed by atoms with van der Waals surface area (Å²) in [7, 11) is 1.70. The lowest BCUT2D eigenvalue weighted by molar-refractivity contribution is 0.0398. The zero-order valence-electron chi connectivity index (χ0n) is 11.8. The summed E-state index contributed by atoms with van der Waals surface area (Å²) in [5.41, 5.74) is 1.01. The van der Waals surface area contributed by atoms with E-state index < -0.39 is 0 Å². The Morgan fingerprint density at radius 1 is 1.47 bits per heavy atom. The number of nitrogens with one attached hydrogen (secondary N) is 1. The maximum absolute atomic E-state index is 5.78. The molecule has 0 spiro atoms. The lowest BCUT2D eigenvalue weighted by Crippen LogP contribution is -2.20. The third kappa shape index (κ3) is 4.53. The molecule has 5 heteroatoms. The molecule has 19 heavy (non-hydrogen) atoms. The first kappa shape index (κ1) is 14.4. The Morgan fingerprint density at radius 3 is 3.00 bits per heavy atom. The van der Waals surface area contributed by atoms with Crippen molar-refractivity contribution in [3.05, 3.63) is 23.8 Å². The smallest absolute Gasteiger partial charge is 0.157 e. The molecular formula is C14H23N3O2. The third-order valence-corrected chi connectivity index (χ3v) is 3.17. The van der Waals surface area contributed by atoms with E-state index in [9.17, 15) is 0 Å². The number of hydrogen-bond donors (Lipinski definition) is 1. The normalized spacial score (nSPS) is 16.5. The molecule has 0 radical (unpaired) electrons. The van der Waals surface area contributed by atoms with E-state index in [1.165, 1.54) is 12.8 Å². The van der Waals surface area contributed by atoms with Crippen LogP contribution in [0.5, 0.6) is 0 Å². The molecule has 1 aliphatic carbocycles. The van der Waals surface area contributed by atoms with Gasteiger partial charge < -0.3 is 14.8 Å². The average molecular weight is 265 g/mol. The van der Waals surface area contributed by atoms with Gasteiger partial charge in [-0.2, -0.15) is 0 Å². The van der Waals surface area contributed by atoms with E-state index in [1.54, 1.807) is 7.11 Å². The Bertz CT molecular complexity index is 383. The molecule has 1 atom stereocenters. The van der Waals surface area contributed by atoms with E-state index in [-0.39, 0.29) is 6.10 Å². The zero-order chi connectivity index (χ0) is 13.5. The van der Waals surface area contributed by atoms with Gasteiger partial charge in [-0.05, 0) is 31.7 Å². The van der Waals surface area contributed by atoms with Crippen LogP contribution in [0.1, 0.15) is 37.4 Å². The fourth-order valence-electron chi connectivity index (χ4n) is 2.04. The van der Waals surface area contributed by atoms with Gasteiger partial charge in [0.15, 0.2) is 5.82 Å². The van der Waals surface area contributed by atoms with E-state index in [4.69, 9.17) is 9.47 Å².